The summed E-state index contributed by atoms with van der Waals surface area (Å²) in [5, 5.41) is 0. The lowest BCUT2D eigenvalue weighted by molar-refractivity contribution is 0.0997. The Hall–Kier alpha value is -2.69. The van der Waals surface area contributed by atoms with Gasteiger partial charge >= 0.3 is 0 Å². The molecule has 1 aromatic heterocycles. The Bertz CT molecular complexity index is 1260. The molecular weight excluding hydrogens is 428 g/mol. The summed E-state index contributed by atoms with van der Waals surface area (Å²) in [5.74, 6) is 0.497. The van der Waals surface area contributed by atoms with Gasteiger partial charge in [0.05, 0.1) is 35.9 Å². The smallest absolute Gasteiger partial charge is 0.279 e. The fourth-order valence-corrected chi connectivity index (χ4v) is 4.70. The summed E-state index contributed by atoms with van der Waals surface area (Å²) in [6.45, 7) is 0.879. The maximum Gasteiger partial charge on any atom is 0.279 e. The van der Waals surface area contributed by atoms with Crippen molar-refractivity contribution in [2.24, 2.45) is 4.99 Å². The highest BCUT2D eigenvalue weighted by atomic mass is 32.2. The van der Waals surface area contributed by atoms with Gasteiger partial charge in [0.25, 0.3) is 5.91 Å². The van der Waals surface area contributed by atoms with E-state index in [4.69, 9.17) is 14.2 Å². The van der Waals surface area contributed by atoms with Crippen molar-refractivity contribution in [3.63, 3.8) is 0 Å². The number of aromatic nitrogens is 1. The molecule has 30 heavy (non-hydrogen) atoms. The van der Waals surface area contributed by atoms with Gasteiger partial charge < -0.3 is 18.8 Å². The monoisotopic (exact) mass is 450 g/mol. The number of fused-ring (bicyclic) bond motifs is 1. The van der Waals surface area contributed by atoms with E-state index in [1.54, 1.807) is 43.5 Å². The summed E-state index contributed by atoms with van der Waals surface area (Å²) >= 11 is 1.24. The van der Waals surface area contributed by atoms with Crippen molar-refractivity contribution in [3.05, 3.63) is 46.8 Å². The van der Waals surface area contributed by atoms with Crippen LogP contribution in [0.5, 0.6) is 11.5 Å². The molecule has 0 spiro atoms. The van der Waals surface area contributed by atoms with Crippen LogP contribution in [0.3, 0.4) is 0 Å². The zero-order chi connectivity index (χ0) is 21.9. The highest BCUT2D eigenvalue weighted by Gasteiger charge is 2.14. The van der Waals surface area contributed by atoms with Gasteiger partial charge in [0.15, 0.2) is 26.1 Å². The Kier molecular flexibility index (Phi) is 6.59. The number of sulfone groups is 1. The molecular formula is C20H22N2O6S2. The van der Waals surface area contributed by atoms with Crippen LogP contribution in [0.25, 0.3) is 10.2 Å². The van der Waals surface area contributed by atoms with Crippen LogP contribution in [-0.2, 0) is 21.1 Å². The molecule has 0 aliphatic heterocycles. The molecule has 2 aromatic carbocycles. The molecule has 0 atom stereocenters. The second-order valence-corrected chi connectivity index (χ2v) is 9.44. The van der Waals surface area contributed by atoms with E-state index in [9.17, 15) is 13.2 Å². The van der Waals surface area contributed by atoms with Crippen LogP contribution in [-0.4, -0.2) is 53.1 Å². The summed E-state index contributed by atoms with van der Waals surface area (Å²) in [6, 6.07) is 9.69. The van der Waals surface area contributed by atoms with E-state index in [2.05, 4.69) is 4.99 Å². The third-order valence-electron chi connectivity index (χ3n) is 4.43. The van der Waals surface area contributed by atoms with E-state index >= 15 is 0 Å². The van der Waals surface area contributed by atoms with Crippen molar-refractivity contribution in [1.82, 2.24) is 4.57 Å². The summed E-state index contributed by atoms with van der Waals surface area (Å²) in [6.07, 6.45) is 1.16. The molecule has 3 aromatic rings. The van der Waals surface area contributed by atoms with Gasteiger partial charge in [-0.25, -0.2) is 8.42 Å². The van der Waals surface area contributed by atoms with Crippen LogP contribution in [0.15, 0.2) is 46.3 Å². The normalized spacial score (nSPS) is 12.3. The molecule has 1 heterocycles. The van der Waals surface area contributed by atoms with E-state index in [1.807, 2.05) is 4.57 Å². The predicted molar refractivity (Wildman–Crippen MR) is 114 cm³/mol. The first-order chi connectivity index (χ1) is 14.3. The van der Waals surface area contributed by atoms with E-state index in [0.717, 1.165) is 11.8 Å². The minimum Gasteiger partial charge on any atom is -0.493 e. The largest absolute Gasteiger partial charge is 0.493 e. The molecule has 0 fully saturated rings. The van der Waals surface area contributed by atoms with Crippen molar-refractivity contribution in [1.29, 1.82) is 0 Å². The van der Waals surface area contributed by atoms with Crippen molar-refractivity contribution in [2.45, 2.75) is 11.4 Å². The Balaban J connectivity index is 2.13. The first kappa shape index (κ1) is 22.0. The molecule has 10 heteroatoms. The van der Waals surface area contributed by atoms with E-state index < -0.39 is 15.7 Å². The zero-order valence-corrected chi connectivity index (χ0v) is 18.7. The lowest BCUT2D eigenvalue weighted by Gasteiger charge is -2.08. The van der Waals surface area contributed by atoms with Crippen molar-refractivity contribution >= 4 is 37.3 Å². The number of ether oxygens (including phenoxy) is 3. The Morgan fingerprint density at radius 3 is 2.43 bits per heavy atom. The SMILES string of the molecule is COCCn1c(=NC(=O)c2ccc(OC)c(OC)c2)sc2cc(S(C)(=O)=O)ccc21. The summed E-state index contributed by atoms with van der Waals surface area (Å²) in [5.41, 5.74) is 1.13. The summed E-state index contributed by atoms with van der Waals surface area (Å²) in [4.78, 5) is 17.8. The third-order valence-corrected chi connectivity index (χ3v) is 6.58. The van der Waals surface area contributed by atoms with Crippen molar-refractivity contribution < 1.29 is 27.4 Å². The number of nitrogens with zero attached hydrogens (tertiary/aromatic N) is 2. The van der Waals surface area contributed by atoms with Gasteiger partial charge in [-0.15, -0.1) is 0 Å². The average Bonchev–Trinajstić information content (AvgIpc) is 3.06. The second-order valence-electron chi connectivity index (χ2n) is 6.42. The molecule has 3 rings (SSSR count). The number of rotatable bonds is 7. The van der Waals surface area contributed by atoms with Crippen molar-refractivity contribution in [2.75, 3.05) is 34.2 Å². The van der Waals surface area contributed by atoms with Crippen LogP contribution in [0.4, 0.5) is 0 Å². The highest BCUT2D eigenvalue weighted by Crippen LogP contribution is 2.28. The molecule has 0 aliphatic carbocycles. The summed E-state index contributed by atoms with van der Waals surface area (Å²) < 4.78 is 42.0. The minimum atomic E-state index is -3.35. The number of hydrogen-bond donors (Lipinski definition) is 0. The maximum absolute atomic E-state index is 12.8. The standard InChI is InChI=1S/C20H22N2O6S2/c1-26-10-9-22-15-7-6-14(30(4,24)25)12-18(15)29-20(22)21-19(23)13-5-8-16(27-2)17(11-13)28-3/h5-8,11-12H,9-10H2,1-4H3. The second kappa shape index (κ2) is 8.99. The number of carbonyl (C=O) groups is 1. The fraction of sp³-hybridized carbons (Fsp3) is 0.300. The van der Waals surface area contributed by atoms with Gasteiger partial charge in [-0.2, -0.15) is 4.99 Å². The maximum atomic E-state index is 12.8. The van der Waals surface area contributed by atoms with E-state index in [1.165, 1.54) is 25.6 Å². The molecule has 0 saturated carbocycles. The number of hydrogen-bond acceptors (Lipinski definition) is 7. The topological polar surface area (TPSA) is 96.2 Å². The zero-order valence-electron chi connectivity index (χ0n) is 17.0. The van der Waals surface area contributed by atoms with Crippen molar-refractivity contribution in [3.8, 4) is 11.5 Å². The quantitative estimate of drug-likeness (QED) is 0.549. The first-order valence-electron chi connectivity index (χ1n) is 8.92. The van der Waals surface area contributed by atoms with E-state index in [0.29, 0.717) is 39.7 Å². The Morgan fingerprint density at radius 1 is 1.07 bits per heavy atom. The van der Waals surface area contributed by atoms with E-state index in [-0.39, 0.29) is 4.90 Å². The third kappa shape index (κ3) is 4.55. The molecule has 0 unspecified atom stereocenters. The summed E-state index contributed by atoms with van der Waals surface area (Å²) in [7, 11) is 1.25. The first-order valence-corrected chi connectivity index (χ1v) is 11.6. The number of carbonyl (C=O) groups excluding carboxylic acids is 1. The Morgan fingerprint density at radius 2 is 1.80 bits per heavy atom. The molecule has 8 nitrogen and oxygen atoms in total. The number of amides is 1. The van der Waals surface area contributed by atoms with Gasteiger partial charge in [-0.1, -0.05) is 11.3 Å². The molecule has 0 N–H and O–H groups in total. The highest BCUT2D eigenvalue weighted by molar-refractivity contribution is 7.90. The predicted octanol–water partition coefficient (Wildman–Crippen LogP) is 2.51. The molecule has 1 amide bonds. The van der Waals surface area contributed by atoms with Gasteiger partial charge in [0.2, 0.25) is 0 Å². The molecule has 0 aliphatic rings. The number of methoxy groups -OCH3 is 3. The molecule has 160 valence electrons. The van der Waals surface area contributed by atoms with Crippen LogP contribution in [0.2, 0.25) is 0 Å². The lowest BCUT2D eigenvalue weighted by atomic mass is 10.2. The van der Waals surface area contributed by atoms with Gasteiger partial charge in [0.1, 0.15) is 0 Å². The molecule has 0 radical (unpaired) electrons. The van der Waals surface area contributed by atoms with Crippen LogP contribution >= 0.6 is 11.3 Å². The molecule has 0 bridgehead atoms. The van der Waals surface area contributed by atoms with Crippen LogP contribution in [0.1, 0.15) is 10.4 Å². The van der Waals surface area contributed by atoms with Crippen LogP contribution < -0.4 is 14.3 Å². The average molecular weight is 451 g/mol. The van der Waals surface area contributed by atoms with Gasteiger partial charge in [-0.3, -0.25) is 4.79 Å². The number of benzene rings is 2. The van der Waals surface area contributed by atoms with Gasteiger partial charge in [0, 0.05) is 25.5 Å². The number of thiazole rings is 1. The minimum absolute atomic E-state index is 0.216. The Labute approximate surface area is 178 Å². The lowest BCUT2D eigenvalue weighted by Crippen LogP contribution is -2.19. The van der Waals surface area contributed by atoms with Gasteiger partial charge in [-0.05, 0) is 36.4 Å². The molecule has 0 saturated heterocycles. The fourth-order valence-electron chi connectivity index (χ4n) is 2.89. The van der Waals surface area contributed by atoms with Crippen LogP contribution in [0, 0.1) is 0 Å².